The van der Waals surface area contributed by atoms with E-state index >= 15 is 0 Å². The minimum absolute atomic E-state index is 0.0766. The molecule has 0 aliphatic rings. The SMILES string of the molecule is CCn1c(=NC(=O)c2cccc(C(F)(F)F)c2)sc2cc(C)c(C)cc21. The van der Waals surface area contributed by atoms with Crippen LogP contribution in [0.2, 0.25) is 0 Å². The number of fused-ring (bicyclic) bond motifs is 1. The lowest BCUT2D eigenvalue weighted by Gasteiger charge is -2.06. The van der Waals surface area contributed by atoms with Crippen LogP contribution in [0.15, 0.2) is 41.4 Å². The maximum atomic E-state index is 12.8. The van der Waals surface area contributed by atoms with Crippen molar-refractivity contribution >= 4 is 27.5 Å². The second-order valence-corrected chi connectivity index (χ2v) is 7.04. The van der Waals surface area contributed by atoms with Crippen molar-refractivity contribution < 1.29 is 18.0 Å². The van der Waals surface area contributed by atoms with Gasteiger partial charge in [0.1, 0.15) is 0 Å². The van der Waals surface area contributed by atoms with Crippen molar-refractivity contribution in [1.29, 1.82) is 0 Å². The molecule has 0 unspecified atom stereocenters. The summed E-state index contributed by atoms with van der Waals surface area (Å²) in [6.45, 7) is 6.57. The Morgan fingerprint density at radius 1 is 1.15 bits per heavy atom. The third-order valence-electron chi connectivity index (χ3n) is 4.25. The Kier molecular flexibility index (Phi) is 4.75. The van der Waals surface area contributed by atoms with Crippen molar-refractivity contribution in [3.63, 3.8) is 0 Å². The van der Waals surface area contributed by atoms with Gasteiger partial charge in [0.25, 0.3) is 5.91 Å². The molecule has 3 aromatic rings. The van der Waals surface area contributed by atoms with Crippen LogP contribution in [0.25, 0.3) is 10.2 Å². The number of hydrogen-bond acceptors (Lipinski definition) is 2. The van der Waals surface area contributed by atoms with Gasteiger partial charge in [0.15, 0.2) is 4.80 Å². The number of carbonyl (C=O) groups excluding carboxylic acids is 1. The summed E-state index contributed by atoms with van der Waals surface area (Å²) < 4.78 is 41.4. The number of halogens is 3. The van der Waals surface area contributed by atoms with E-state index in [9.17, 15) is 18.0 Å². The van der Waals surface area contributed by atoms with Crippen molar-refractivity contribution in [3.05, 3.63) is 63.5 Å². The van der Waals surface area contributed by atoms with E-state index < -0.39 is 17.6 Å². The van der Waals surface area contributed by atoms with Gasteiger partial charge in [0.05, 0.1) is 15.8 Å². The summed E-state index contributed by atoms with van der Waals surface area (Å²) in [5.74, 6) is -0.682. The molecule has 0 fully saturated rings. The van der Waals surface area contributed by atoms with Gasteiger partial charge in [-0.1, -0.05) is 17.4 Å². The van der Waals surface area contributed by atoms with Crippen molar-refractivity contribution in [2.45, 2.75) is 33.5 Å². The molecule has 136 valence electrons. The fraction of sp³-hybridized carbons (Fsp3) is 0.263. The Balaban J connectivity index is 2.11. The van der Waals surface area contributed by atoms with Crippen LogP contribution in [-0.4, -0.2) is 10.5 Å². The van der Waals surface area contributed by atoms with Gasteiger partial charge >= 0.3 is 6.18 Å². The van der Waals surface area contributed by atoms with E-state index in [1.54, 1.807) is 0 Å². The molecule has 26 heavy (non-hydrogen) atoms. The van der Waals surface area contributed by atoms with Crippen LogP contribution < -0.4 is 4.80 Å². The average Bonchev–Trinajstić information content (AvgIpc) is 2.90. The first-order valence-corrected chi connectivity index (χ1v) is 8.89. The summed E-state index contributed by atoms with van der Waals surface area (Å²) in [6, 6.07) is 8.42. The molecule has 3 nitrogen and oxygen atoms in total. The van der Waals surface area contributed by atoms with E-state index in [4.69, 9.17) is 0 Å². The molecule has 3 rings (SSSR count). The number of alkyl halides is 3. The highest BCUT2D eigenvalue weighted by Crippen LogP contribution is 2.29. The Bertz CT molecular complexity index is 1060. The molecule has 7 heteroatoms. The standard InChI is InChI=1S/C19H17F3N2OS/c1-4-24-15-8-11(2)12(3)9-16(15)26-18(24)23-17(25)13-6-5-7-14(10-13)19(20,21)22/h5-10H,4H2,1-3H3. The summed E-state index contributed by atoms with van der Waals surface area (Å²) in [7, 11) is 0. The number of aryl methyl sites for hydroxylation is 3. The summed E-state index contributed by atoms with van der Waals surface area (Å²) in [5, 5.41) is 0. The molecule has 0 radical (unpaired) electrons. The Morgan fingerprint density at radius 2 is 1.85 bits per heavy atom. The van der Waals surface area contributed by atoms with Crippen molar-refractivity contribution in [1.82, 2.24) is 4.57 Å². The van der Waals surface area contributed by atoms with Gasteiger partial charge in [0.2, 0.25) is 0 Å². The third kappa shape index (κ3) is 3.44. The highest BCUT2D eigenvalue weighted by Gasteiger charge is 2.30. The minimum atomic E-state index is -4.49. The highest BCUT2D eigenvalue weighted by molar-refractivity contribution is 7.16. The van der Waals surface area contributed by atoms with E-state index in [-0.39, 0.29) is 5.56 Å². The van der Waals surface area contributed by atoms with Crippen molar-refractivity contribution in [2.75, 3.05) is 0 Å². The lowest BCUT2D eigenvalue weighted by molar-refractivity contribution is -0.137. The van der Waals surface area contributed by atoms with Gasteiger partial charge in [-0.3, -0.25) is 4.79 Å². The van der Waals surface area contributed by atoms with Gasteiger partial charge < -0.3 is 4.57 Å². The molecule has 0 spiro atoms. The number of aromatic nitrogens is 1. The van der Waals surface area contributed by atoms with Crippen LogP contribution in [0.3, 0.4) is 0 Å². The van der Waals surface area contributed by atoms with E-state index in [2.05, 4.69) is 4.99 Å². The molecule has 1 amide bonds. The number of benzene rings is 2. The molecule has 1 heterocycles. The Hall–Kier alpha value is -2.41. The summed E-state index contributed by atoms with van der Waals surface area (Å²) in [6.07, 6.45) is -4.49. The van der Waals surface area contributed by atoms with Gasteiger partial charge in [-0.25, -0.2) is 0 Å². The maximum Gasteiger partial charge on any atom is 0.416 e. The number of carbonyl (C=O) groups is 1. The van der Waals surface area contributed by atoms with Crippen molar-refractivity contribution in [2.24, 2.45) is 4.99 Å². The molecule has 0 bridgehead atoms. The van der Waals surface area contributed by atoms with Crippen molar-refractivity contribution in [3.8, 4) is 0 Å². The number of rotatable bonds is 2. The summed E-state index contributed by atoms with van der Waals surface area (Å²) in [5.41, 5.74) is 2.30. The van der Waals surface area contributed by atoms with Crippen LogP contribution >= 0.6 is 11.3 Å². The Morgan fingerprint density at radius 3 is 2.50 bits per heavy atom. The predicted molar refractivity (Wildman–Crippen MR) is 96.3 cm³/mol. The number of amides is 1. The zero-order valence-corrected chi connectivity index (χ0v) is 15.3. The maximum absolute atomic E-state index is 12.8. The van der Waals surface area contributed by atoms with Gasteiger partial charge in [-0.15, -0.1) is 0 Å². The molecule has 1 aromatic heterocycles. The van der Waals surface area contributed by atoms with Crippen LogP contribution in [0.1, 0.15) is 34.0 Å². The monoisotopic (exact) mass is 378 g/mol. The molecular weight excluding hydrogens is 361 g/mol. The normalized spacial score (nSPS) is 12.8. The lowest BCUT2D eigenvalue weighted by Crippen LogP contribution is -2.16. The van der Waals surface area contributed by atoms with E-state index in [0.29, 0.717) is 11.3 Å². The Labute approximate surface area is 152 Å². The van der Waals surface area contributed by atoms with Crippen LogP contribution in [-0.2, 0) is 12.7 Å². The third-order valence-corrected chi connectivity index (χ3v) is 5.29. The van der Waals surface area contributed by atoms with Gasteiger partial charge in [0, 0.05) is 12.1 Å². The first kappa shape index (κ1) is 18.4. The van der Waals surface area contributed by atoms with Crippen LogP contribution in [0.4, 0.5) is 13.2 Å². The van der Waals surface area contributed by atoms with E-state index in [1.165, 1.54) is 23.5 Å². The lowest BCUT2D eigenvalue weighted by atomic mass is 10.1. The molecule has 0 saturated carbocycles. The van der Waals surface area contributed by atoms with E-state index in [0.717, 1.165) is 33.5 Å². The molecule has 0 aliphatic carbocycles. The first-order valence-electron chi connectivity index (χ1n) is 8.07. The van der Waals surface area contributed by atoms with Crippen LogP contribution in [0, 0.1) is 13.8 Å². The number of hydrogen-bond donors (Lipinski definition) is 0. The molecule has 0 saturated heterocycles. The second kappa shape index (κ2) is 6.72. The number of thiazole rings is 1. The molecule has 0 atom stereocenters. The quantitative estimate of drug-likeness (QED) is 0.611. The van der Waals surface area contributed by atoms with Gasteiger partial charge in [-0.2, -0.15) is 18.2 Å². The van der Waals surface area contributed by atoms with Gasteiger partial charge in [-0.05, 0) is 62.2 Å². The highest BCUT2D eigenvalue weighted by atomic mass is 32.1. The largest absolute Gasteiger partial charge is 0.416 e. The number of nitrogens with zero attached hydrogens (tertiary/aromatic N) is 2. The predicted octanol–water partition coefficient (Wildman–Crippen LogP) is 5.10. The minimum Gasteiger partial charge on any atom is -0.317 e. The first-order chi connectivity index (χ1) is 12.2. The summed E-state index contributed by atoms with van der Waals surface area (Å²) >= 11 is 1.36. The molecule has 2 aromatic carbocycles. The smallest absolute Gasteiger partial charge is 0.317 e. The average molecular weight is 378 g/mol. The molecular formula is C19H17F3N2OS. The van der Waals surface area contributed by atoms with E-state index in [1.807, 2.05) is 37.5 Å². The molecule has 0 aliphatic heterocycles. The zero-order chi connectivity index (χ0) is 19.1. The topological polar surface area (TPSA) is 34.4 Å². The fourth-order valence-corrected chi connectivity index (χ4v) is 3.86. The summed E-state index contributed by atoms with van der Waals surface area (Å²) in [4.78, 5) is 17.0. The molecule has 0 N–H and O–H groups in total. The zero-order valence-electron chi connectivity index (χ0n) is 14.5. The fourth-order valence-electron chi connectivity index (χ4n) is 2.69. The van der Waals surface area contributed by atoms with Crippen LogP contribution in [0.5, 0.6) is 0 Å². The second-order valence-electron chi connectivity index (χ2n) is 6.03.